The van der Waals surface area contributed by atoms with E-state index in [4.69, 9.17) is 4.42 Å². The Hall–Kier alpha value is -2.21. The summed E-state index contributed by atoms with van der Waals surface area (Å²) in [5.74, 6) is -0.506. The number of fused-ring (bicyclic) bond motifs is 1. The maximum atomic E-state index is 12.2. The summed E-state index contributed by atoms with van der Waals surface area (Å²) in [5, 5.41) is 4.68. The predicted molar refractivity (Wildman–Crippen MR) is 76.9 cm³/mol. The number of benzene rings is 1. The number of nitrogens with zero attached hydrogens (tertiary/aromatic N) is 2. The number of carbonyl (C=O) groups is 1. The lowest BCUT2D eigenvalue weighted by atomic mass is 10.2. The number of aromatic nitrogens is 2. The van der Waals surface area contributed by atoms with E-state index in [0.717, 1.165) is 9.15 Å². The van der Waals surface area contributed by atoms with Crippen LogP contribution < -0.4 is 5.63 Å². The van der Waals surface area contributed by atoms with Crippen molar-refractivity contribution in [1.82, 2.24) is 9.78 Å². The topological polar surface area (TPSA) is 65.1 Å². The minimum absolute atomic E-state index is 0.0429. The summed E-state index contributed by atoms with van der Waals surface area (Å²) in [6, 6.07) is 8.43. The maximum Gasteiger partial charge on any atom is 0.349 e. The first kappa shape index (κ1) is 12.8. The number of carbonyl (C=O) groups excluding carboxylic acids is 1. The quantitative estimate of drug-likeness (QED) is 0.643. The lowest BCUT2D eigenvalue weighted by Crippen LogP contribution is -2.21. The SMILES string of the molecule is Cc1ccn(C(=O)c2cc3cc(Br)ccc3oc2=O)n1. The third-order valence-corrected chi connectivity index (χ3v) is 3.35. The molecule has 0 unspecified atom stereocenters. The fourth-order valence-corrected chi connectivity index (χ4v) is 2.27. The molecule has 0 saturated carbocycles. The van der Waals surface area contributed by atoms with Crippen LogP contribution in [0.15, 0.2) is 50.2 Å². The molecular weight excluding hydrogens is 324 g/mol. The second kappa shape index (κ2) is 4.72. The highest BCUT2D eigenvalue weighted by Crippen LogP contribution is 2.19. The Morgan fingerprint density at radius 3 is 2.80 bits per heavy atom. The first-order valence-electron chi connectivity index (χ1n) is 5.85. The van der Waals surface area contributed by atoms with Crippen molar-refractivity contribution in [2.75, 3.05) is 0 Å². The molecule has 2 heterocycles. The van der Waals surface area contributed by atoms with Crippen LogP contribution in [-0.4, -0.2) is 15.7 Å². The molecule has 0 fully saturated rings. The number of hydrogen-bond donors (Lipinski definition) is 0. The molecule has 0 bridgehead atoms. The van der Waals surface area contributed by atoms with Gasteiger partial charge in [0.05, 0.1) is 5.69 Å². The van der Waals surface area contributed by atoms with Gasteiger partial charge in [-0.05, 0) is 37.3 Å². The summed E-state index contributed by atoms with van der Waals surface area (Å²) < 4.78 is 7.13. The largest absolute Gasteiger partial charge is 0.422 e. The van der Waals surface area contributed by atoms with Gasteiger partial charge < -0.3 is 4.42 Å². The van der Waals surface area contributed by atoms with E-state index in [1.807, 2.05) is 0 Å². The van der Waals surface area contributed by atoms with Gasteiger partial charge in [0.2, 0.25) is 0 Å². The minimum Gasteiger partial charge on any atom is -0.422 e. The van der Waals surface area contributed by atoms with Crippen LogP contribution in [0.2, 0.25) is 0 Å². The summed E-state index contributed by atoms with van der Waals surface area (Å²) in [6.07, 6.45) is 1.52. The van der Waals surface area contributed by atoms with E-state index in [-0.39, 0.29) is 5.56 Å². The standard InChI is InChI=1S/C14H9BrN2O3/c1-8-4-5-17(16-8)13(18)11-7-9-6-10(15)2-3-12(9)20-14(11)19/h2-7H,1H3. The Morgan fingerprint density at radius 1 is 1.30 bits per heavy atom. The van der Waals surface area contributed by atoms with Crippen LogP contribution >= 0.6 is 15.9 Å². The fourth-order valence-electron chi connectivity index (χ4n) is 1.89. The lowest BCUT2D eigenvalue weighted by Gasteiger charge is -2.02. The third-order valence-electron chi connectivity index (χ3n) is 2.86. The number of rotatable bonds is 1. The van der Waals surface area contributed by atoms with Crippen LogP contribution in [0.4, 0.5) is 0 Å². The molecule has 6 heteroatoms. The molecular formula is C14H9BrN2O3. The highest BCUT2D eigenvalue weighted by Gasteiger charge is 2.16. The molecule has 100 valence electrons. The Kier molecular flexibility index (Phi) is 3.02. The van der Waals surface area contributed by atoms with Gasteiger partial charge in [-0.3, -0.25) is 4.79 Å². The maximum absolute atomic E-state index is 12.2. The van der Waals surface area contributed by atoms with Crippen molar-refractivity contribution in [3.05, 3.63) is 62.7 Å². The zero-order chi connectivity index (χ0) is 14.3. The molecule has 3 aromatic rings. The van der Waals surface area contributed by atoms with E-state index >= 15 is 0 Å². The third kappa shape index (κ3) is 2.18. The zero-order valence-corrected chi connectivity index (χ0v) is 12.0. The van der Waals surface area contributed by atoms with Crippen molar-refractivity contribution in [2.24, 2.45) is 0 Å². The molecule has 0 atom stereocenters. The Bertz CT molecular complexity index is 880. The van der Waals surface area contributed by atoms with Crippen molar-refractivity contribution in [1.29, 1.82) is 0 Å². The van der Waals surface area contributed by atoms with Crippen molar-refractivity contribution < 1.29 is 9.21 Å². The smallest absolute Gasteiger partial charge is 0.349 e. The average Bonchev–Trinajstić information content (AvgIpc) is 2.84. The summed E-state index contributed by atoms with van der Waals surface area (Å²) in [4.78, 5) is 24.1. The highest BCUT2D eigenvalue weighted by atomic mass is 79.9. The van der Waals surface area contributed by atoms with Gasteiger partial charge in [0.1, 0.15) is 11.1 Å². The van der Waals surface area contributed by atoms with E-state index in [0.29, 0.717) is 16.7 Å². The molecule has 0 saturated heterocycles. The molecule has 5 nitrogen and oxygen atoms in total. The summed E-state index contributed by atoms with van der Waals surface area (Å²) in [7, 11) is 0. The van der Waals surface area contributed by atoms with Gasteiger partial charge in [0.25, 0.3) is 5.91 Å². The first-order valence-corrected chi connectivity index (χ1v) is 6.64. The van der Waals surface area contributed by atoms with Gasteiger partial charge >= 0.3 is 5.63 Å². The lowest BCUT2D eigenvalue weighted by molar-refractivity contribution is 0.0941. The molecule has 3 rings (SSSR count). The summed E-state index contributed by atoms with van der Waals surface area (Å²) in [6.45, 7) is 1.77. The van der Waals surface area contributed by atoms with Gasteiger partial charge in [0, 0.05) is 16.1 Å². The summed E-state index contributed by atoms with van der Waals surface area (Å²) in [5.41, 5.74) is 0.425. The van der Waals surface area contributed by atoms with Crippen LogP contribution in [0.25, 0.3) is 11.0 Å². The second-order valence-electron chi connectivity index (χ2n) is 4.34. The molecule has 0 radical (unpaired) electrons. The highest BCUT2D eigenvalue weighted by molar-refractivity contribution is 9.10. The normalized spacial score (nSPS) is 10.9. The fraction of sp³-hybridized carbons (Fsp3) is 0.0714. The molecule has 0 aliphatic carbocycles. The zero-order valence-electron chi connectivity index (χ0n) is 10.5. The van der Waals surface area contributed by atoms with Gasteiger partial charge in [-0.1, -0.05) is 15.9 Å². The van der Waals surface area contributed by atoms with E-state index < -0.39 is 11.5 Å². The van der Waals surface area contributed by atoms with Gasteiger partial charge in [-0.15, -0.1) is 0 Å². The van der Waals surface area contributed by atoms with E-state index in [1.165, 1.54) is 12.3 Å². The average molecular weight is 333 g/mol. The molecule has 1 aromatic carbocycles. The molecule has 0 aliphatic heterocycles. The van der Waals surface area contributed by atoms with Crippen LogP contribution in [0.3, 0.4) is 0 Å². The first-order chi connectivity index (χ1) is 9.54. The van der Waals surface area contributed by atoms with Gasteiger partial charge in [-0.2, -0.15) is 5.10 Å². The van der Waals surface area contributed by atoms with Crippen LogP contribution in [0, 0.1) is 6.92 Å². The van der Waals surface area contributed by atoms with Gasteiger partial charge in [-0.25, -0.2) is 9.48 Å². The van der Waals surface area contributed by atoms with Crippen molar-refractivity contribution in [3.8, 4) is 0 Å². The molecule has 0 amide bonds. The van der Waals surface area contributed by atoms with Crippen LogP contribution in [0.5, 0.6) is 0 Å². The van der Waals surface area contributed by atoms with Crippen LogP contribution in [-0.2, 0) is 0 Å². The van der Waals surface area contributed by atoms with E-state index in [2.05, 4.69) is 21.0 Å². The van der Waals surface area contributed by atoms with Crippen molar-refractivity contribution >= 4 is 32.8 Å². The Balaban J connectivity index is 2.18. The number of aryl methyl sites for hydroxylation is 1. The van der Waals surface area contributed by atoms with Crippen molar-refractivity contribution in [3.63, 3.8) is 0 Å². The molecule has 0 N–H and O–H groups in total. The minimum atomic E-state index is -0.669. The Morgan fingerprint density at radius 2 is 2.10 bits per heavy atom. The summed E-state index contributed by atoms with van der Waals surface area (Å²) >= 11 is 3.34. The predicted octanol–water partition coefficient (Wildman–Crippen LogP) is 2.75. The van der Waals surface area contributed by atoms with Gasteiger partial charge in [0.15, 0.2) is 0 Å². The molecule has 0 spiro atoms. The van der Waals surface area contributed by atoms with Crippen molar-refractivity contribution in [2.45, 2.75) is 6.92 Å². The molecule has 2 aromatic heterocycles. The molecule has 20 heavy (non-hydrogen) atoms. The molecule has 0 aliphatic rings. The number of halogens is 1. The second-order valence-corrected chi connectivity index (χ2v) is 5.25. The Labute approximate surface area is 122 Å². The number of hydrogen-bond acceptors (Lipinski definition) is 4. The monoisotopic (exact) mass is 332 g/mol. The van der Waals surface area contributed by atoms with E-state index in [1.54, 1.807) is 31.2 Å². The van der Waals surface area contributed by atoms with E-state index in [9.17, 15) is 9.59 Å². The van der Waals surface area contributed by atoms with Crippen LogP contribution in [0.1, 0.15) is 16.1 Å².